The quantitative estimate of drug-likeness (QED) is 0.638. The number of alkyl halides is 2. The van der Waals surface area contributed by atoms with Gasteiger partial charge >= 0.3 is 0 Å². The van der Waals surface area contributed by atoms with Crippen LogP contribution in [0.3, 0.4) is 0 Å². The molecule has 0 saturated heterocycles. The normalized spacial score (nSPS) is 13.5. The van der Waals surface area contributed by atoms with E-state index in [1.807, 2.05) is 49.4 Å². The van der Waals surface area contributed by atoms with Crippen LogP contribution in [-0.4, -0.2) is 10.7 Å². The minimum absolute atomic E-state index is 0.113. The van der Waals surface area contributed by atoms with Gasteiger partial charge in [-0.05, 0) is 30.2 Å². The second kappa shape index (κ2) is 7.43. The predicted molar refractivity (Wildman–Crippen MR) is 95.6 cm³/mol. The van der Waals surface area contributed by atoms with E-state index in [0.717, 1.165) is 16.8 Å². The average molecular weight is 432 g/mol. The highest BCUT2D eigenvalue weighted by Gasteiger charge is 2.25. The smallest absolute Gasteiger partial charge is 0.239 e. The molecule has 0 unspecified atom stereocenters. The van der Waals surface area contributed by atoms with Crippen LogP contribution in [0.15, 0.2) is 48.5 Å². The van der Waals surface area contributed by atoms with E-state index in [9.17, 15) is 4.79 Å². The van der Waals surface area contributed by atoms with E-state index in [2.05, 4.69) is 37.2 Å². The Labute approximate surface area is 146 Å². The number of benzene rings is 2. The molecule has 0 heterocycles. The molecule has 0 aromatic heterocycles. The van der Waals surface area contributed by atoms with Gasteiger partial charge in [0.1, 0.15) is 4.83 Å². The molecular formula is C16H14Br2ClNO. The fourth-order valence-electron chi connectivity index (χ4n) is 1.88. The molecule has 2 aromatic rings. The predicted octanol–water partition coefficient (Wildman–Crippen LogP) is 5.49. The topological polar surface area (TPSA) is 29.1 Å². The SMILES string of the molecule is Cc1c(Cl)cccc1NC(=O)[C@H](Br)[C@H](Br)c1ccccc1. The molecule has 2 atom stereocenters. The van der Waals surface area contributed by atoms with Crippen LogP contribution < -0.4 is 5.32 Å². The Morgan fingerprint density at radius 3 is 2.43 bits per heavy atom. The number of hydrogen-bond donors (Lipinski definition) is 1. The van der Waals surface area contributed by atoms with E-state index < -0.39 is 4.83 Å². The molecule has 0 spiro atoms. The Balaban J connectivity index is 2.11. The Hall–Kier alpha value is -0.840. The number of halogens is 3. The summed E-state index contributed by atoms with van der Waals surface area (Å²) >= 11 is 13.1. The third kappa shape index (κ3) is 4.09. The summed E-state index contributed by atoms with van der Waals surface area (Å²) < 4.78 is 0. The Morgan fingerprint density at radius 2 is 1.76 bits per heavy atom. The van der Waals surface area contributed by atoms with E-state index in [4.69, 9.17) is 11.6 Å². The van der Waals surface area contributed by atoms with Crippen molar-refractivity contribution in [2.45, 2.75) is 16.6 Å². The van der Waals surface area contributed by atoms with Crippen molar-refractivity contribution in [3.63, 3.8) is 0 Å². The van der Waals surface area contributed by atoms with Gasteiger partial charge in [-0.15, -0.1) is 0 Å². The number of hydrogen-bond acceptors (Lipinski definition) is 1. The van der Waals surface area contributed by atoms with Crippen LogP contribution in [0.5, 0.6) is 0 Å². The van der Waals surface area contributed by atoms with Gasteiger partial charge in [-0.1, -0.05) is 79.9 Å². The molecule has 0 aliphatic heterocycles. The zero-order chi connectivity index (χ0) is 15.4. The molecule has 0 aliphatic carbocycles. The Bertz CT molecular complexity index is 633. The standard InChI is InChI=1S/C16H14Br2ClNO/c1-10-12(19)8-5-9-13(10)20-16(21)15(18)14(17)11-6-3-2-4-7-11/h2-9,14-15H,1H3,(H,20,21)/t14-,15-/m1/s1. The highest BCUT2D eigenvalue weighted by Crippen LogP contribution is 2.32. The second-order valence-electron chi connectivity index (χ2n) is 4.62. The number of carbonyl (C=O) groups is 1. The van der Waals surface area contributed by atoms with Crippen molar-refractivity contribution in [3.05, 3.63) is 64.7 Å². The third-order valence-electron chi connectivity index (χ3n) is 3.15. The lowest BCUT2D eigenvalue weighted by Crippen LogP contribution is -2.26. The fourth-order valence-corrected chi connectivity index (χ4v) is 3.02. The zero-order valence-corrected chi connectivity index (χ0v) is 15.2. The number of anilines is 1. The molecule has 5 heteroatoms. The average Bonchev–Trinajstić information content (AvgIpc) is 2.51. The minimum Gasteiger partial charge on any atom is -0.325 e. The molecule has 0 saturated carbocycles. The molecular weight excluding hydrogens is 417 g/mol. The van der Waals surface area contributed by atoms with Gasteiger partial charge in [0.05, 0.1) is 4.83 Å². The van der Waals surface area contributed by atoms with Gasteiger partial charge in [0, 0.05) is 10.7 Å². The lowest BCUT2D eigenvalue weighted by molar-refractivity contribution is -0.115. The first kappa shape index (κ1) is 16.5. The Morgan fingerprint density at radius 1 is 1.10 bits per heavy atom. The second-order valence-corrected chi connectivity index (χ2v) is 7.00. The van der Waals surface area contributed by atoms with Crippen molar-refractivity contribution in [1.29, 1.82) is 0 Å². The summed E-state index contributed by atoms with van der Waals surface area (Å²) in [6.45, 7) is 1.88. The van der Waals surface area contributed by atoms with E-state index in [0.29, 0.717) is 5.02 Å². The van der Waals surface area contributed by atoms with Crippen LogP contribution in [0.25, 0.3) is 0 Å². The molecule has 0 radical (unpaired) electrons. The number of carbonyl (C=O) groups excluding carboxylic acids is 1. The summed E-state index contributed by atoms with van der Waals surface area (Å²) in [6.07, 6.45) is 0. The fraction of sp³-hybridized carbons (Fsp3) is 0.188. The summed E-state index contributed by atoms with van der Waals surface area (Å²) in [5.74, 6) is -0.119. The van der Waals surface area contributed by atoms with E-state index in [-0.39, 0.29) is 10.7 Å². The number of rotatable bonds is 4. The lowest BCUT2D eigenvalue weighted by Gasteiger charge is -2.18. The van der Waals surface area contributed by atoms with Crippen LogP contribution in [0.2, 0.25) is 5.02 Å². The molecule has 2 rings (SSSR count). The monoisotopic (exact) mass is 429 g/mol. The molecule has 21 heavy (non-hydrogen) atoms. The molecule has 0 bridgehead atoms. The molecule has 2 nitrogen and oxygen atoms in total. The highest BCUT2D eigenvalue weighted by atomic mass is 79.9. The van der Waals surface area contributed by atoms with Crippen LogP contribution in [0.4, 0.5) is 5.69 Å². The summed E-state index contributed by atoms with van der Waals surface area (Å²) in [7, 11) is 0. The van der Waals surface area contributed by atoms with Gasteiger partial charge in [-0.3, -0.25) is 4.79 Å². The highest BCUT2D eigenvalue weighted by molar-refractivity contribution is 9.12. The number of amides is 1. The summed E-state index contributed by atoms with van der Waals surface area (Å²) in [5, 5.41) is 3.54. The zero-order valence-electron chi connectivity index (χ0n) is 11.3. The molecule has 1 N–H and O–H groups in total. The van der Waals surface area contributed by atoms with Crippen LogP contribution in [-0.2, 0) is 4.79 Å². The number of nitrogens with one attached hydrogen (secondary N) is 1. The summed E-state index contributed by atoms with van der Waals surface area (Å²) in [4.78, 5) is 11.9. The van der Waals surface area contributed by atoms with Gasteiger partial charge in [0.2, 0.25) is 5.91 Å². The minimum atomic E-state index is -0.390. The largest absolute Gasteiger partial charge is 0.325 e. The Kier molecular flexibility index (Phi) is 5.85. The molecule has 1 amide bonds. The van der Waals surface area contributed by atoms with Crippen molar-refractivity contribution in [1.82, 2.24) is 0 Å². The first-order valence-corrected chi connectivity index (χ1v) is 8.60. The van der Waals surface area contributed by atoms with Gasteiger partial charge in [0.15, 0.2) is 0 Å². The van der Waals surface area contributed by atoms with E-state index in [1.165, 1.54) is 0 Å². The first-order chi connectivity index (χ1) is 10.0. The van der Waals surface area contributed by atoms with Crippen LogP contribution in [0.1, 0.15) is 16.0 Å². The maximum Gasteiger partial charge on any atom is 0.239 e. The van der Waals surface area contributed by atoms with Crippen LogP contribution in [0, 0.1) is 6.92 Å². The van der Waals surface area contributed by atoms with Crippen molar-refractivity contribution >= 4 is 55.1 Å². The maximum atomic E-state index is 12.4. The summed E-state index contributed by atoms with van der Waals surface area (Å²) in [6, 6.07) is 15.3. The molecule has 0 fully saturated rings. The van der Waals surface area contributed by atoms with Gasteiger partial charge in [0.25, 0.3) is 0 Å². The van der Waals surface area contributed by atoms with Crippen molar-refractivity contribution < 1.29 is 4.79 Å². The third-order valence-corrected chi connectivity index (χ3v) is 6.27. The molecule has 0 aliphatic rings. The molecule has 2 aromatic carbocycles. The van der Waals surface area contributed by atoms with Crippen molar-refractivity contribution in [2.24, 2.45) is 0 Å². The van der Waals surface area contributed by atoms with E-state index >= 15 is 0 Å². The van der Waals surface area contributed by atoms with Gasteiger partial charge in [-0.25, -0.2) is 0 Å². The van der Waals surface area contributed by atoms with E-state index in [1.54, 1.807) is 6.07 Å². The maximum absolute atomic E-state index is 12.4. The van der Waals surface area contributed by atoms with Gasteiger partial charge in [-0.2, -0.15) is 0 Å². The van der Waals surface area contributed by atoms with Crippen LogP contribution >= 0.6 is 43.5 Å². The van der Waals surface area contributed by atoms with Crippen molar-refractivity contribution in [3.8, 4) is 0 Å². The van der Waals surface area contributed by atoms with Gasteiger partial charge < -0.3 is 5.32 Å². The first-order valence-electron chi connectivity index (χ1n) is 6.39. The lowest BCUT2D eigenvalue weighted by atomic mass is 10.1. The summed E-state index contributed by atoms with van der Waals surface area (Å²) in [5.41, 5.74) is 2.63. The van der Waals surface area contributed by atoms with Crippen molar-refractivity contribution in [2.75, 3.05) is 5.32 Å². The molecule has 110 valence electrons.